The summed E-state index contributed by atoms with van der Waals surface area (Å²) >= 11 is 0. The molecule has 12 N–H and O–H groups in total. The maximum atomic E-state index is 5.35. The van der Waals surface area contributed by atoms with Gasteiger partial charge in [-0.15, -0.1) is 0 Å². The molecular formula is C19H50N6. The first-order valence-electron chi connectivity index (χ1n) is 10.4. The standard InChI is InChI=1S/C8H20N2.C7H18N2.C4H12N2/c9-7-5-3-1-2-4-6-8-10;8-6-4-2-1-3-5-7-9;5-3-1-2-4-6/h1-10H2;1-9H2;1-6H2. The highest BCUT2D eigenvalue weighted by Gasteiger charge is 1.88. The van der Waals surface area contributed by atoms with E-state index in [-0.39, 0.29) is 0 Å². The van der Waals surface area contributed by atoms with E-state index in [4.69, 9.17) is 34.4 Å². The number of hydrogen-bond donors (Lipinski definition) is 6. The molecule has 0 aliphatic rings. The van der Waals surface area contributed by atoms with Gasteiger partial charge in [0.1, 0.15) is 0 Å². The molecule has 0 amide bonds. The quantitative estimate of drug-likeness (QED) is 0.230. The number of hydrogen-bond acceptors (Lipinski definition) is 6. The summed E-state index contributed by atoms with van der Waals surface area (Å²) in [6.45, 7) is 4.91. The molecule has 0 saturated heterocycles. The molecule has 0 aromatic rings. The van der Waals surface area contributed by atoms with Gasteiger partial charge >= 0.3 is 0 Å². The van der Waals surface area contributed by atoms with E-state index in [1.807, 2.05) is 0 Å². The molecule has 0 aromatic carbocycles. The molecule has 0 atom stereocenters. The Kier molecular flexibility index (Phi) is 41.3. The molecule has 0 spiro atoms. The molecule has 0 aromatic heterocycles. The molecule has 6 heteroatoms. The SMILES string of the molecule is NCCCCCCCCN.NCCCCCCCN.NCCCCN. The van der Waals surface area contributed by atoms with Gasteiger partial charge in [0.25, 0.3) is 0 Å². The maximum Gasteiger partial charge on any atom is -0.00768 e. The lowest BCUT2D eigenvalue weighted by Gasteiger charge is -1.97. The summed E-state index contributed by atoms with van der Waals surface area (Å²) in [4.78, 5) is 0. The molecule has 0 aliphatic carbocycles. The highest BCUT2D eigenvalue weighted by Crippen LogP contribution is 2.03. The lowest BCUT2D eigenvalue weighted by molar-refractivity contribution is 0.601. The highest BCUT2D eigenvalue weighted by molar-refractivity contribution is 4.46. The summed E-state index contributed by atoms with van der Waals surface area (Å²) in [5, 5.41) is 0. The smallest absolute Gasteiger partial charge is 0.00768 e. The monoisotopic (exact) mass is 362 g/mol. The van der Waals surface area contributed by atoms with Crippen LogP contribution in [0.25, 0.3) is 0 Å². The van der Waals surface area contributed by atoms with E-state index in [0.29, 0.717) is 0 Å². The number of nitrogens with two attached hydrogens (primary N) is 6. The number of unbranched alkanes of at least 4 members (excludes halogenated alkanes) is 10. The van der Waals surface area contributed by atoms with Gasteiger partial charge in [-0.05, 0) is 77.8 Å². The summed E-state index contributed by atoms with van der Waals surface area (Å²) in [6, 6.07) is 0. The van der Waals surface area contributed by atoms with Crippen molar-refractivity contribution in [2.24, 2.45) is 34.4 Å². The van der Waals surface area contributed by atoms with Gasteiger partial charge in [-0.1, -0.05) is 44.9 Å². The first-order chi connectivity index (χ1) is 12.2. The Bertz CT molecular complexity index is 163. The Morgan fingerprint density at radius 1 is 0.200 bits per heavy atom. The fourth-order valence-corrected chi connectivity index (χ4v) is 2.10. The average molecular weight is 363 g/mol. The second kappa shape index (κ2) is 35.0. The third kappa shape index (κ3) is 45.3. The maximum absolute atomic E-state index is 5.35. The van der Waals surface area contributed by atoms with Crippen LogP contribution in [0.1, 0.15) is 83.5 Å². The zero-order valence-corrected chi connectivity index (χ0v) is 16.9. The predicted octanol–water partition coefficient (Wildman–Crippen LogP) is 1.78. The van der Waals surface area contributed by atoms with E-state index in [0.717, 1.165) is 52.1 Å². The first kappa shape index (κ1) is 29.5. The Hall–Kier alpha value is -0.240. The minimum Gasteiger partial charge on any atom is -0.330 e. The fraction of sp³-hybridized carbons (Fsp3) is 1.00. The summed E-state index contributed by atoms with van der Waals surface area (Å²) in [6.07, 6.45) is 15.9. The van der Waals surface area contributed by atoms with Crippen LogP contribution in [0, 0.1) is 0 Å². The second-order valence-electron chi connectivity index (χ2n) is 6.33. The summed E-state index contributed by atoms with van der Waals surface area (Å²) in [5.41, 5.74) is 31.7. The van der Waals surface area contributed by atoms with Crippen molar-refractivity contribution in [2.45, 2.75) is 83.5 Å². The zero-order valence-electron chi connectivity index (χ0n) is 16.9. The van der Waals surface area contributed by atoms with Crippen molar-refractivity contribution >= 4 is 0 Å². The Morgan fingerprint density at radius 2 is 0.320 bits per heavy atom. The van der Waals surface area contributed by atoms with E-state index < -0.39 is 0 Å². The molecule has 156 valence electrons. The summed E-state index contributed by atoms with van der Waals surface area (Å²) in [7, 11) is 0. The van der Waals surface area contributed by atoms with E-state index >= 15 is 0 Å². The fourth-order valence-electron chi connectivity index (χ4n) is 2.10. The Balaban J connectivity index is -0.000000300. The van der Waals surface area contributed by atoms with Gasteiger partial charge in [0.15, 0.2) is 0 Å². The molecule has 0 unspecified atom stereocenters. The van der Waals surface area contributed by atoms with Crippen molar-refractivity contribution in [2.75, 3.05) is 39.3 Å². The lowest BCUT2D eigenvalue weighted by atomic mass is 10.1. The molecule has 0 radical (unpaired) electrons. The van der Waals surface area contributed by atoms with Crippen LogP contribution in [0.4, 0.5) is 0 Å². The van der Waals surface area contributed by atoms with Crippen LogP contribution in [0.5, 0.6) is 0 Å². The summed E-state index contributed by atoms with van der Waals surface area (Å²) in [5.74, 6) is 0. The van der Waals surface area contributed by atoms with Crippen molar-refractivity contribution in [3.63, 3.8) is 0 Å². The lowest BCUT2D eigenvalue weighted by Crippen LogP contribution is -2.03. The van der Waals surface area contributed by atoms with Gasteiger partial charge < -0.3 is 34.4 Å². The van der Waals surface area contributed by atoms with E-state index in [1.54, 1.807) is 0 Å². The average Bonchev–Trinajstić information content (AvgIpc) is 2.64. The molecule has 0 heterocycles. The Morgan fingerprint density at radius 3 is 0.480 bits per heavy atom. The third-order valence-electron chi connectivity index (χ3n) is 3.72. The minimum atomic E-state index is 0.775. The van der Waals surface area contributed by atoms with Crippen molar-refractivity contribution in [3.05, 3.63) is 0 Å². The van der Waals surface area contributed by atoms with Gasteiger partial charge in [-0.2, -0.15) is 0 Å². The van der Waals surface area contributed by atoms with Crippen molar-refractivity contribution in [1.82, 2.24) is 0 Å². The highest BCUT2D eigenvalue weighted by atomic mass is 14.5. The van der Waals surface area contributed by atoms with Gasteiger partial charge in [0.2, 0.25) is 0 Å². The molecule has 0 fully saturated rings. The first-order valence-corrected chi connectivity index (χ1v) is 10.4. The van der Waals surface area contributed by atoms with Crippen LogP contribution >= 0.6 is 0 Å². The molecule has 0 saturated carbocycles. The van der Waals surface area contributed by atoms with Crippen LogP contribution in [-0.2, 0) is 0 Å². The molecule has 0 bridgehead atoms. The third-order valence-corrected chi connectivity index (χ3v) is 3.72. The summed E-state index contributed by atoms with van der Waals surface area (Å²) < 4.78 is 0. The molecule has 0 aliphatic heterocycles. The Labute approximate surface area is 157 Å². The van der Waals surface area contributed by atoms with Crippen molar-refractivity contribution < 1.29 is 0 Å². The normalized spacial score (nSPS) is 9.84. The topological polar surface area (TPSA) is 156 Å². The largest absolute Gasteiger partial charge is 0.330 e. The van der Waals surface area contributed by atoms with E-state index in [2.05, 4.69) is 0 Å². The zero-order chi connectivity index (χ0) is 19.4. The van der Waals surface area contributed by atoms with Crippen LogP contribution in [0.15, 0.2) is 0 Å². The molecule has 25 heavy (non-hydrogen) atoms. The molecule has 6 nitrogen and oxygen atoms in total. The number of rotatable bonds is 16. The van der Waals surface area contributed by atoms with Gasteiger partial charge in [-0.25, -0.2) is 0 Å². The van der Waals surface area contributed by atoms with Crippen LogP contribution in [0.3, 0.4) is 0 Å². The van der Waals surface area contributed by atoms with E-state index in [1.165, 1.54) is 70.6 Å². The van der Waals surface area contributed by atoms with Crippen molar-refractivity contribution in [1.29, 1.82) is 0 Å². The van der Waals surface area contributed by atoms with Crippen LogP contribution in [0.2, 0.25) is 0 Å². The van der Waals surface area contributed by atoms with Crippen molar-refractivity contribution in [3.8, 4) is 0 Å². The van der Waals surface area contributed by atoms with Crippen LogP contribution < -0.4 is 34.4 Å². The van der Waals surface area contributed by atoms with Gasteiger partial charge in [-0.3, -0.25) is 0 Å². The van der Waals surface area contributed by atoms with Gasteiger partial charge in [0, 0.05) is 0 Å². The van der Waals surface area contributed by atoms with Crippen LogP contribution in [-0.4, -0.2) is 39.3 Å². The molecular weight excluding hydrogens is 312 g/mol. The minimum absolute atomic E-state index is 0.775. The predicted molar refractivity (Wildman–Crippen MR) is 114 cm³/mol. The van der Waals surface area contributed by atoms with E-state index in [9.17, 15) is 0 Å². The second-order valence-corrected chi connectivity index (χ2v) is 6.33. The van der Waals surface area contributed by atoms with Gasteiger partial charge in [0.05, 0.1) is 0 Å². The molecule has 0 rings (SSSR count).